The average Bonchev–Trinajstić information content (AvgIpc) is 2.39. The first-order chi connectivity index (χ1) is 10.2. The lowest BCUT2D eigenvalue weighted by atomic mass is 10.1. The highest BCUT2D eigenvalue weighted by Gasteiger charge is 2.34. The van der Waals surface area contributed by atoms with E-state index < -0.39 is 34.1 Å². The Morgan fingerprint density at radius 2 is 2.05 bits per heavy atom. The summed E-state index contributed by atoms with van der Waals surface area (Å²) in [6.45, 7) is 0. The zero-order valence-electron chi connectivity index (χ0n) is 10.5. The molecule has 0 aliphatic heterocycles. The maximum absolute atomic E-state index is 13.7. The van der Waals surface area contributed by atoms with Gasteiger partial charge >= 0.3 is 6.18 Å². The third kappa shape index (κ3) is 3.42. The van der Waals surface area contributed by atoms with Crippen LogP contribution in [-0.4, -0.2) is 10.9 Å². The molecule has 2 aromatic rings. The topological polar surface area (TPSA) is 68.9 Å². The van der Waals surface area contributed by atoms with E-state index in [9.17, 15) is 27.6 Å². The lowest BCUT2D eigenvalue weighted by Gasteiger charge is -2.11. The smallest absolute Gasteiger partial charge is 0.417 e. The van der Waals surface area contributed by atoms with Gasteiger partial charge in [-0.3, -0.25) is 4.79 Å². The first-order valence-corrected chi connectivity index (χ1v) is 5.97. The van der Waals surface area contributed by atoms with Crippen LogP contribution in [0.25, 0.3) is 0 Å². The summed E-state index contributed by atoms with van der Waals surface area (Å²) < 4.78 is 51.6. The van der Waals surface area contributed by atoms with E-state index >= 15 is 0 Å². The van der Waals surface area contributed by atoms with Crippen LogP contribution in [0.2, 0.25) is 5.02 Å². The second kappa shape index (κ2) is 5.76. The fourth-order valence-corrected chi connectivity index (χ4v) is 1.85. The molecule has 0 bridgehead atoms. The van der Waals surface area contributed by atoms with Gasteiger partial charge in [0.15, 0.2) is 6.20 Å². The van der Waals surface area contributed by atoms with Gasteiger partial charge in [-0.2, -0.15) is 13.2 Å². The Kier molecular flexibility index (Phi) is 4.18. The minimum Gasteiger partial charge on any atom is -0.711 e. The van der Waals surface area contributed by atoms with Crippen LogP contribution in [0.1, 0.15) is 15.9 Å². The number of nitrogens with one attached hydrogen (secondary N) is 1. The van der Waals surface area contributed by atoms with Gasteiger partial charge in [0.2, 0.25) is 0 Å². The van der Waals surface area contributed by atoms with Crippen molar-refractivity contribution in [3.8, 4) is 0 Å². The number of anilines is 1. The summed E-state index contributed by atoms with van der Waals surface area (Å²) in [5.41, 5.74) is -2.14. The van der Waals surface area contributed by atoms with E-state index in [4.69, 9.17) is 11.6 Å². The highest BCUT2D eigenvalue weighted by molar-refractivity contribution is 6.32. The molecule has 0 fully saturated rings. The molecule has 2 rings (SSSR count). The largest absolute Gasteiger partial charge is 0.711 e. The van der Waals surface area contributed by atoms with Crippen LogP contribution in [0, 0.1) is 11.0 Å². The van der Waals surface area contributed by atoms with E-state index in [2.05, 4.69) is 10.3 Å². The summed E-state index contributed by atoms with van der Waals surface area (Å²) in [6.07, 6.45) is -1.89. The van der Waals surface area contributed by atoms with Crippen LogP contribution in [-0.2, 0) is 6.18 Å². The first-order valence-electron chi connectivity index (χ1n) is 5.60. The van der Waals surface area contributed by atoms with Crippen LogP contribution in [0.15, 0.2) is 30.9 Å². The van der Waals surface area contributed by atoms with Gasteiger partial charge in [-0.25, -0.2) is 9.12 Å². The maximum Gasteiger partial charge on any atom is 0.417 e. The first kappa shape index (κ1) is 16.0. The van der Waals surface area contributed by atoms with Crippen molar-refractivity contribution in [2.24, 2.45) is 0 Å². The molecular formula is C12H6ClF4N3O2. The Morgan fingerprint density at radius 1 is 1.36 bits per heavy atom. The summed E-state index contributed by atoms with van der Waals surface area (Å²) in [7, 11) is 0. The molecule has 0 spiro atoms. The van der Waals surface area contributed by atoms with Gasteiger partial charge < -0.3 is 10.5 Å². The molecule has 1 aromatic carbocycles. The van der Waals surface area contributed by atoms with Crippen molar-refractivity contribution in [1.82, 2.24) is 4.98 Å². The monoisotopic (exact) mass is 335 g/mol. The molecule has 1 N–H and O–H groups in total. The molecule has 116 valence electrons. The minimum atomic E-state index is -4.84. The van der Waals surface area contributed by atoms with Crippen molar-refractivity contribution < 1.29 is 27.1 Å². The number of benzene rings is 1. The van der Waals surface area contributed by atoms with Crippen LogP contribution >= 0.6 is 11.6 Å². The lowest BCUT2D eigenvalue weighted by molar-refractivity contribution is -0.608. The molecular weight excluding hydrogens is 330 g/mol. The number of aromatic nitrogens is 2. The normalized spacial score (nSPS) is 11.3. The number of halogens is 5. The van der Waals surface area contributed by atoms with Crippen molar-refractivity contribution in [3.05, 3.63) is 58.0 Å². The molecule has 10 heteroatoms. The summed E-state index contributed by atoms with van der Waals surface area (Å²) in [5.74, 6) is -2.46. The number of amides is 1. The third-order valence-electron chi connectivity index (χ3n) is 2.53. The van der Waals surface area contributed by atoms with E-state index in [-0.39, 0.29) is 16.5 Å². The van der Waals surface area contributed by atoms with E-state index in [1.54, 1.807) is 0 Å². The number of alkyl halides is 3. The summed E-state index contributed by atoms with van der Waals surface area (Å²) in [4.78, 5) is 15.3. The molecule has 22 heavy (non-hydrogen) atoms. The zero-order chi connectivity index (χ0) is 16.5. The van der Waals surface area contributed by atoms with Crippen LogP contribution in [0.4, 0.5) is 23.2 Å². The second-order valence-electron chi connectivity index (χ2n) is 4.10. The van der Waals surface area contributed by atoms with Crippen molar-refractivity contribution in [3.63, 3.8) is 0 Å². The van der Waals surface area contributed by atoms with Crippen molar-refractivity contribution in [2.75, 3.05) is 5.32 Å². The molecule has 0 atom stereocenters. The standard InChI is InChI=1S/C12H6ClF4N3O2/c13-9-1-7(10(14)2-8(9)12(15,16)17)11(21)19-6-3-18-5-20(22)4-6/h1-5H,(H,19,21). The van der Waals surface area contributed by atoms with E-state index in [0.717, 1.165) is 18.7 Å². The fourth-order valence-electron chi connectivity index (χ4n) is 1.58. The van der Waals surface area contributed by atoms with Crippen LogP contribution < -0.4 is 10.0 Å². The van der Waals surface area contributed by atoms with Crippen molar-refractivity contribution in [2.45, 2.75) is 6.18 Å². The number of rotatable bonds is 2. The Hall–Kier alpha value is -2.42. The summed E-state index contributed by atoms with van der Waals surface area (Å²) >= 11 is 5.43. The maximum atomic E-state index is 13.7. The molecule has 0 saturated heterocycles. The van der Waals surface area contributed by atoms with Gasteiger partial charge in [-0.15, -0.1) is 0 Å². The summed E-state index contributed by atoms with van der Waals surface area (Å²) in [6, 6.07) is 0.699. The van der Waals surface area contributed by atoms with E-state index in [1.807, 2.05) is 0 Å². The van der Waals surface area contributed by atoms with E-state index in [0.29, 0.717) is 6.07 Å². The van der Waals surface area contributed by atoms with Gasteiger partial charge in [-0.1, -0.05) is 16.6 Å². The Labute approximate surface area is 125 Å². The highest BCUT2D eigenvalue weighted by Crippen LogP contribution is 2.36. The predicted octanol–water partition coefficient (Wildman–Crippen LogP) is 2.78. The molecule has 0 aliphatic carbocycles. The number of hydrogen-bond donors (Lipinski definition) is 1. The second-order valence-corrected chi connectivity index (χ2v) is 4.51. The molecule has 0 radical (unpaired) electrons. The SMILES string of the molecule is O=C(Nc1cnc[n+]([O-])c1)c1cc(Cl)c(C(F)(F)F)cc1F. The van der Waals surface area contributed by atoms with Gasteiger partial charge in [0.05, 0.1) is 16.1 Å². The molecule has 1 heterocycles. The number of nitrogens with zero attached hydrogens (tertiary/aromatic N) is 2. The van der Waals surface area contributed by atoms with Crippen LogP contribution in [0.3, 0.4) is 0 Å². The number of carbonyl (C=O) groups is 1. The molecule has 5 nitrogen and oxygen atoms in total. The molecule has 0 saturated carbocycles. The van der Waals surface area contributed by atoms with Crippen LogP contribution in [0.5, 0.6) is 0 Å². The highest BCUT2D eigenvalue weighted by atomic mass is 35.5. The van der Waals surface area contributed by atoms with Gasteiger partial charge in [0.25, 0.3) is 12.2 Å². The molecule has 1 amide bonds. The average molecular weight is 336 g/mol. The lowest BCUT2D eigenvalue weighted by Crippen LogP contribution is -2.27. The third-order valence-corrected chi connectivity index (χ3v) is 2.84. The fraction of sp³-hybridized carbons (Fsp3) is 0.0833. The Morgan fingerprint density at radius 3 is 2.64 bits per heavy atom. The molecule has 0 aliphatic rings. The minimum absolute atomic E-state index is 0.0575. The molecule has 1 aromatic heterocycles. The number of carbonyl (C=O) groups excluding carboxylic acids is 1. The predicted molar refractivity (Wildman–Crippen MR) is 67.6 cm³/mol. The van der Waals surface area contributed by atoms with Gasteiger partial charge in [-0.05, 0) is 12.1 Å². The van der Waals surface area contributed by atoms with Gasteiger partial charge in [0, 0.05) is 0 Å². The Bertz CT molecular complexity index is 737. The van der Waals surface area contributed by atoms with E-state index in [1.165, 1.54) is 0 Å². The van der Waals surface area contributed by atoms with Crippen molar-refractivity contribution >= 4 is 23.2 Å². The zero-order valence-corrected chi connectivity index (χ0v) is 11.2. The number of hydrogen-bond acceptors (Lipinski definition) is 3. The Balaban J connectivity index is 2.33. The van der Waals surface area contributed by atoms with Crippen molar-refractivity contribution in [1.29, 1.82) is 0 Å². The van der Waals surface area contributed by atoms with Gasteiger partial charge in [0.1, 0.15) is 17.7 Å². The quantitative estimate of drug-likeness (QED) is 0.521. The summed E-state index contributed by atoms with van der Waals surface area (Å²) in [5, 5.41) is 12.3. The molecule has 0 unspecified atom stereocenters.